The second-order valence-electron chi connectivity index (χ2n) is 6.06. The van der Waals surface area contributed by atoms with Crippen molar-refractivity contribution in [1.82, 2.24) is 20.4 Å². The number of rotatable bonds is 7. The molecule has 2 N–H and O–H groups in total. The minimum absolute atomic E-state index is 0.0555. The van der Waals surface area contributed by atoms with E-state index in [0.29, 0.717) is 11.3 Å². The minimum atomic E-state index is -0.637. The largest absolute Gasteiger partial charge is 0.454 e. The average Bonchev–Trinajstić information content (AvgIpc) is 3.08. The summed E-state index contributed by atoms with van der Waals surface area (Å²) in [5.41, 5.74) is 6.51. The van der Waals surface area contributed by atoms with Gasteiger partial charge in [-0.05, 0) is 30.5 Å². The molecule has 0 radical (unpaired) electrons. The van der Waals surface area contributed by atoms with E-state index in [2.05, 4.69) is 15.8 Å². The van der Waals surface area contributed by atoms with Gasteiger partial charge < -0.3 is 9.30 Å². The van der Waals surface area contributed by atoms with Crippen LogP contribution in [0.5, 0.6) is 0 Å². The Kier molecular flexibility index (Phi) is 6.85. The Morgan fingerprint density at radius 2 is 1.76 bits per heavy atom. The Labute approximate surface area is 171 Å². The number of hydrogen-bond donors (Lipinski definition) is 2. The van der Waals surface area contributed by atoms with Crippen LogP contribution in [0.15, 0.2) is 54.6 Å². The number of esters is 1. The van der Waals surface area contributed by atoms with Crippen LogP contribution in [-0.4, -0.2) is 40.2 Å². The number of amides is 2. The highest BCUT2D eigenvalue weighted by atomic mass is 32.2. The number of nitrogens with zero attached hydrogens (tertiary/aromatic N) is 2. The van der Waals surface area contributed by atoms with Crippen LogP contribution in [0.2, 0.25) is 0 Å². The molecule has 3 aromatic rings. The molecule has 2 aromatic carbocycles. The maximum absolute atomic E-state index is 12.2. The van der Waals surface area contributed by atoms with Gasteiger partial charge in [0.15, 0.2) is 6.61 Å². The van der Waals surface area contributed by atoms with E-state index < -0.39 is 24.4 Å². The zero-order valence-electron chi connectivity index (χ0n) is 15.8. The zero-order chi connectivity index (χ0) is 20.6. The SMILES string of the molecule is CSCc1nc2ccccc2n1CC(=O)OCC(=O)NNC(=O)c1ccccc1. The third-order valence-electron chi connectivity index (χ3n) is 4.01. The summed E-state index contributed by atoms with van der Waals surface area (Å²) in [6.07, 6.45) is 1.95. The van der Waals surface area contributed by atoms with Crippen LogP contribution in [0.1, 0.15) is 16.2 Å². The first-order valence-electron chi connectivity index (χ1n) is 8.81. The fourth-order valence-corrected chi connectivity index (χ4v) is 3.16. The van der Waals surface area contributed by atoms with Crippen LogP contribution in [0.3, 0.4) is 0 Å². The van der Waals surface area contributed by atoms with E-state index in [4.69, 9.17) is 4.74 Å². The number of hydrogen-bond acceptors (Lipinski definition) is 6. The number of para-hydroxylation sites is 2. The molecule has 29 heavy (non-hydrogen) atoms. The number of fused-ring (bicyclic) bond motifs is 1. The van der Waals surface area contributed by atoms with Gasteiger partial charge in [0.1, 0.15) is 12.4 Å². The predicted molar refractivity (Wildman–Crippen MR) is 110 cm³/mol. The van der Waals surface area contributed by atoms with Gasteiger partial charge in [0.2, 0.25) is 0 Å². The summed E-state index contributed by atoms with van der Waals surface area (Å²) in [7, 11) is 0. The maximum Gasteiger partial charge on any atom is 0.326 e. The molecule has 0 aliphatic carbocycles. The lowest BCUT2D eigenvalue weighted by atomic mass is 10.2. The van der Waals surface area contributed by atoms with Gasteiger partial charge in [0, 0.05) is 5.56 Å². The first-order valence-corrected chi connectivity index (χ1v) is 10.2. The summed E-state index contributed by atoms with van der Waals surface area (Å²) in [6, 6.07) is 15.9. The number of nitrogens with one attached hydrogen (secondary N) is 2. The fourth-order valence-electron chi connectivity index (χ4n) is 2.69. The summed E-state index contributed by atoms with van der Waals surface area (Å²) in [6.45, 7) is -0.557. The quantitative estimate of drug-likeness (QED) is 0.454. The van der Waals surface area contributed by atoms with Crippen molar-refractivity contribution < 1.29 is 19.1 Å². The average molecular weight is 412 g/mol. The Morgan fingerprint density at radius 1 is 1.03 bits per heavy atom. The van der Waals surface area contributed by atoms with Gasteiger partial charge >= 0.3 is 5.97 Å². The highest BCUT2D eigenvalue weighted by Gasteiger charge is 2.15. The third kappa shape index (κ3) is 5.35. The van der Waals surface area contributed by atoms with Crippen molar-refractivity contribution in [3.8, 4) is 0 Å². The number of thioether (sulfide) groups is 1. The number of aromatic nitrogens is 2. The molecule has 0 aliphatic heterocycles. The van der Waals surface area contributed by atoms with Crippen molar-refractivity contribution >= 4 is 40.6 Å². The van der Waals surface area contributed by atoms with Gasteiger partial charge in [-0.2, -0.15) is 11.8 Å². The molecule has 0 fully saturated rings. The third-order valence-corrected chi connectivity index (χ3v) is 4.56. The summed E-state index contributed by atoms with van der Waals surface area (Å²) in [4.78, 5) is 40.5. The molecule has 0 atom stereocenters. The lowest BCUT2D eigenvalue weighted by Crippen LogP contribution is -2.43. The van der Waals surface area contributed by atoms with Gasteiger partial charge in [0.25, 0.3) is 11.8 Å². The van der Waals surface area contributed by atoms with Crippen LogP contribution < -0.4 is 10.9 Å². The lowest BCUT2D eigenvalue weighted by molar-refractivity contribution is -0.149. The maximum atomic E-state index is 12.2. The van der Waals surface area contributed by atoms with Crippen LogP contribution in [0.25, 0.3) is 11.0 Å². The molecule has 0 aliphatic rings. The molecule has 3 rings (SSSR count). The van der Waals surface area contributed by atoms with E-state index in [-0.39, 0.29) is 6.54 Å². The lowest BCUT2D eigenvalue weighted by Gasteiger charge is -2.10. The summed E-state index contributed by atoms with van der Waals surface area (Å²) in [5, 5.41) is 0. The molecule has 8 nitrogen and oxygen atoms in total. The van der Waals surface area contributed by atoms with E-state index >= 15 is 0 Å². The Morgan fingerprint density at radius 3 is 2.52 bits per heavy atom. The monoisotopic (exact) mass is 412 g/mol. The van der Waals surface area contributed by atoms with E-state index in [1.54, 1.807) is 46.7 Å². The van der Waals surface area contributed by atoms with E-state index in [0.717, 1.165) is 16.9 Å². The van der Waals surface area contributed by atoms with Crippen LogP contribution in [0.4, 0.5) is 0 Å². The molecule has 1 aromatic heterocycles. The molecule has 0 saturated heterocycles. The second kappa shape index (κ2) is 9.74. The first-order chi connectivity index (χ1) is 14.1. The van der Waals surface area contributed by atoms with Crippen LogP contribution in [0, 0.1) is 0 Å². The molecular formula is C20H20N4O4S. The molecule has 1 heterocycles. The molecule has 2 amide bonds. The van der Waals surface area contributed by atoms with Gasteiger partial charge in [0.05, 0.1) is 16.8 Å². The minimum Gasteiger partial charge on any atom is -0.454 e. The normalized spacial score (nSPS) is 10.5. The van der Waals surface area contributed by atoms with Crippen molar-refractivity contribution in [3.05, 3.63) is 66.0 Å². The summed E-state index contributed by atoms with van der Waals surface area (Å²) >= 11 is 1.60. The molecule has 0 unspecified atom stereocenters. The molecule has 150 valence electrons. The van der Waals surface area contributed by atoms with E-state index in [1.165, 1.54) is 0 Å². The van der Waals surface area contributed by atoms with Crippen LogP contribution in [-0.2, 0) is 26.6 Å². The van der Waals surface area contributed by atoms with Crippen molar-refractivity contribution in [1.29, 1.82) is 0 Å². The number of ether oxygens (including phenoxy) is 1. The number of benzene rings is 2. The number of hydrazine groups is 1. The molecule has 0 bridgehead atoms. The fraction of sp³-hybridized carbons (Fsp3) is 0.200. The van der Waals surface area contributed by atoms with Crippen LogP contribution >= 0.6 is 11.8 Å². The van der Waals surface area contributed by atoms with Crippen molar-refractivity contribution in [2.24, 2.45) is 0 Å². The summed E-state index contributed by atoms with van der Waals surface area (Å²) < 4.78 is 6.82. The van der Waals surface area contributed by atoms with Gasteiger partial charge in [-0.3, -0.25) is 25.2 Å². The van der Waals surface area contributed by atoms with Crippen molar-refractivity contribution in [3.63, 3.8) is 0 Å². The van der Waals surface area contributed by atoms with E-state index in [1.807, 2.05) is 30.5 Å². The topological polar surface area (TPSA) is 102 Å². The number of imidazole rings is 1. The molecule has 0 spiro atoms. The van der Waals surface area contributed by atoms with Gasteiger partial charge in [-0.25, -0.2) is 4.98 Å². The Hall–Kier alpha value is -3.33. The highest BCUT2D eigenvalue weighted by molar-refractivity contribution is 7.97. The first kappa shape index (κ1) is 20.4. The number of carbonyl (C=O) groups is 3. The Balaban J connectivity index is 1.52. The summed E-state index contributed by atoms with van der Waals surface area (Å²) in [5.74, 6) is -0.261. The molecule has 0 saturated carbocycles. The zero-order valence-corrected chi connectivity index (χ0v) is 16.6. The van der Waals surface area contributed by atoms with Gasteiger partial charge in [-0.15, -0.1) is 0 Å². The smallest absolute Gasteiger partial charge is 0.326 e. The van der Waals surface area contributed by atoms with Crippen molar-refractivity contribution in [2.45, 2.75) is 12.3 Å². The number of carbonyl (C=O) groups excluding carboxylic acids is 3. The standard InChI is InChI=1S/C20H20N4O4S/c1-29-13-17-21-15-9-5-6-10-16(15)24(17)11-19(26)28-12-18(25)22-23-20(27)14-7-3-2-4-8-14/h2-10H,11-13H2,1H3,(H,22,25)(H,23,27). The highest BCUT2D eigenvalue weighted by Crippen LogP contribution is 2.19. The Bertz CT molecular complexity index is 1020. The van der Waals surface area contributed by atoms with E-state index in [9.17, 15) is 14.4 Å². The predicted octanol–water partition coefficient (Wildman–Crippen LogP) is 1.90. The van der Waals surface area contributed by atoms with Gasteiger partial charge in [-0.1, -0.05) is 30.3 Å². The molecular weight excluding hydrogens is 392 g/mol. The van der Waals surface area contributed by atoms with Crippen molar-refractivity contribution in [2.75, 3.05) is 12.9 Å². The molecule has 9 heteroatoms. The second-order valence-corrected chi connectivity index (χ2v) is 6.93.